The first-order valence-electron chi connectivity index (χ1n) is 16.9. The first-order chi connectivity index (χ1) is 24.8. The number of aliphatic hydroxyl groups is 8. The Morgan fingerprint density at radius 2 is 1.13 bits per heavy atom. The van der Waals surface area contributed by atoms with Crippen molar-refractivity contribution in [2.75, 3.05) is 32.9 Å². The molecule has 0 aromatic carbocycles. The summed E-state index contributed by atoms with van der Waals surface area (Å²) >= 11 is 5.35. The monoisotopic (exact) mass is 787 g/mol. The van der Waals surface area contributed by atoms with Crippen LogP contribution in [0, 0.1) is 0 Å². The van der Waals surface area contributed by atoms with Gasteiger partial charge in [0, 0.05) is 26.9 Å². The Balaban J connectivity index is 1.82. The third kappa shape index (κ3) is 12.2. The van der Waals surface area contributed by atoms with Gasteiger partial charge in [-0.05, 0) is 33.0 Å². The Hall–Kier alpha value is -2.62. The maximum absolute atomic E-state index is 12.4. The highest BCUT2D eigenvalue weighted by Crippen LogP contribution is 2.32. The van der Waals surface area contributed by atoms with Gasteiger partial charge in [0.15, 0.2) is 23.9 Å². The number of rotatable bonds is 13. The molecule has 3 rings (SSSR count). The third-order valence-corrected chi connectivity index (χ3v) is 8.54. The van der Waals surface area contributed by atoms with Crippen LogP contribution in [0.1, 0.15) is 34.6 Å². The largest absolute Gasteiger partial charge is 0.444 e. The normalized spacial score (nSPS) is 37.6. The summed E-state index contributed by atoms with van der Waals surface area (Å²) in [6, 6.07) is -2.78. The van der Waals surface area contributed by atoms with Crippen LogP contribution in [-0.4, -0.2) is 194 Å². The molecule has 0 aromatic rings. The van der Waals surface area contributed by atoms with Crippen LogP contribution >= 0.6 is 12.2 Å². The lowest BCUT2D eigenvalue weighted by molar-refractivity contribution is -0.361. The van der Waals surface area contributed by atoms with E-state index in [4.69, 9.17) is 40.6 Å². The van der Waals surface area contributed by atoms with Crippen LogP contribution in [0.15, 0.2) is 0 Å². The minimum absolute atomic E-state index is 0.0382. The number of amides is 3. The zero-order valence-corrected chi connectivity index (χ0v) is 30.7. The van der Waals surface area contributed by atoms with E-state index in [2.05, 4.69) is 26.6 Å². The van der Waals surface area contributed by atoms with Crippen LogP contribution in [0.4, 0.5) is 4.79 Å². The van der Waals surface area contributed by atoms with E-state index in [1.54, 1.807) is 20.8 Å². The Morgan fingerprint density at radius 1 is 0.642 bits per heavy atom. The summed E-state index contributed by atoms with van der Waals surface area (Å²) in [5.41, 5.74) is -0.706. The van der Waals surface area contributed by atoms with Crippen molar-refractivity contribution < 1.29 is 83.7 Å². The Labute approximate surface area is 310 Å². The van der Waals surface area contributed by atoms with Gasteiger partial charge in [-0.1, -0.05) is 0 Å². The van der Waals surface area contributed by atoms with Gasteiger partial charge in [0.1, 0.15) is 78.7 Å². The summed E-state index contributed by atoms with van der Waals surface area (Å²) in [4.78, 5) is 36.2. The van der Waals surface area contributed by atoms with Crippen LogP contribution in [-0.2, 0) is 38.0 Å². The van der Waals surface area contributed by atoms with Crippen molar-refractivity contribution in [1.82, 2.24) is 26.6 Å². The van der Waals surface area contributed by atoms with Crippen molar-refractivity contribution in [2.45, 2.75) is 132 Å². The molecule has 3 aliphatic rings. The van der Waals surface area contributed by atoms with Gasteiger partial charge in [-0.25, -0.2) is 4.79 Å². The van der Waals surface area contributed by atoms with Gasteiger partial charge in [-0.3, -0.25) is 9.59 Å². The van der Waals surface area contributed by atoms with E-state index >= 15 is 0 Å². The second-order valence-corrected chi connectivity index (χ2v) is 14.1. The summed E-state index contributed by atoms with van der Waals surface area (Å²) in [7, 11) is 0. The van der Waals surface area contributed by atoms with Crippen molar-refractivity contribution in [2.24, 2.45) is 0 Å². The van der Waals surface area contributed by atoms with Crippen molar-refractivity contribution in [3.05, 3.63) is 0 Å². The Bertz CT molecular complexity index is 1230. The highest BCUT2D eigenvalue weighted by atomic mass is 32.1. The van der Waals surface area contributed by atoms with Gasteiger partial charge in [0.05, 0.1) is 19.8 Å². The second kappa shape index (κ2) is 19.8. The molecule has 53 heavy (non-hydrogen) atoms. The van der Waals surface area contributed by atoms with E-state index in [1.807, 2.05) is 0 Å². The number of ether oxygens (including phenoxy) is 6. The van der Waals surface area contributed by atoms with Crippen LogP contribution in [0.5, 0.6) is 0 Å². The number of thiocarbonyl (C=S) groups is 1. The molecule has 15 atom stereocenters. The van der Waals surface area contributed by atoms with Gasteiger partial charge in [0.25, 0.3) is 0 Å². The van der Waals surface area contributed by atoms with E-state index < -0.39 is 135 Å². The summed E-state index contributed by atoms with van der Waals surface area (Å²) in [6.45, 7) is 5.20. The standard InChI is InChI=1S/C30H53N5O17S/c1-11(39)33-16-21(44)18(41)13(8-36)48-26(16)51-24-20(43)15(10-38)49-27(22(24)45)50-23-17(34-12(2)40)25(47-14(9-37)19(23)42)35-28(53)31-6-7-32-29(46)52-30(3,4)5/h13-27,36-38,41-45H,6-10H2,1-5H3,(H,32,46)(H,33,39)(H,34,40)(H2,31,35,53)/t13-,14-,15-,16-,17-,18-,19-,20+,21-,22-,23-,24+,25-,26+,27+/m1/s1. The summed E-state index contributed by atoms with van der Waals surface area (Å²) in [5.74, 6) is -1.30. The zero-order valence-electron chi connectivity index (χ0n) is 29.9. The quantitative estimate of drug-likeness (QED) is 0.0610. The summed E-state index contributed by atoms with van der Waals surface area (Å²) in [5, 5.41) is 97.6. The SMILES string of the molecule is CC(=O)N[C@@H]1[C@@H](O[C@@H]2O[C@H](CO)[C@H](O)[C@H](O[C@@H]3O[C@H](CO)[C@@H](O)[C@H](O)[C@H]3NC(C)=O)[C@H]2O)[C@H](O)[C@@H](CO)O[C@H]1NC(=S)NCCNC(=O)OC(C)(C)C. The average molecular weight is 788 g/mol. The van der Waals surface area contributed by atoms with Crippen LogP contribution < -0.4 is 26.6 Å². The number of carbonyl (C=O) groups excluding carboxylic acids is 3. The smallest absolute Gasteiger partial charge is 0.407 e. The number of carbonyl (C=O) groups is 3. The van der Waals surface area contributed by atoms with Gasteiger partial charge in [-0.15, -0.1) is 0 Å². The molecule has 13 N–H and O–H groups in total. The van der Waals surface area contributed by atoms with E-state index in [-0.39, 0.29) is 18.2 Å². The Kier molecular flexibility index (Phi) is 16.7. The van der Waals surface area contributed by atoms with Gasteiger partial charge in [-0.2, -0.15) is 0 Å². The number of alkyl carbamates (subject to hydrolysis) is 1. The lowest BCUT2D eigenvalue weighted by Crippen LogP contribution is -2.71. The fraction of sp³-hybridized carbons (Fsp3) is 0.867. The summed E-state index contributed by atoms with van der Waals surface area (Å²) in [6.07, 6.45) is -22.0. The molecule has 0 aromatic heterocycles. The Morgan fingerprint density at radius 3 is 1.70 bits per heavy atom. The fourth-order valence-electron chi connectivity index (χ4n) is 5.84. The topological polar surface area (TPSA) is 329 Å². The molecule has 22 nitrogen and oxygen atoms in total. The number of aliphatic hydroxyl groups excluding tert-OH is 8. The first kappa shape index (κ1) is 44.8. The first-order valence-corrected chi connectivity index (χ1v) is 17.3. The zero-order chi connectivity index (χ0) is 39.8. The minimum Gasteiger partial charge on any atom is -0.444 e. The molecule has 0 aliphatic carbocycles. The minimum atomic E-state index is -1.97. The highest BCUT2D eigenvalue weighted by molar-refractivity contribution is 7.80. The van der Waals surface area contributed by atoms with E-state index in [0.717, 1.165) is 13.8 Å². The number of hydrogen-bond acceptors (Lipinski definition) is 18. The number of nitrogens with one attached hydrogen (secondary N) is 5. The van der Waals surface area contributed by atoms with E-state index in [9.17, 15) is 55.2 Å². The van der Waals surface area contributed by atoms with E-state index in [1.165, 1.54) is 0 Å². The van der Waals surface area contributed by atoms with Crippen molar-refractivity contribution in [3.63, 3.8) is 0 Å². The molecular weight excluding hydrogens is 734 g/mol. The molecule has 3 heterocycles. The molecular formula is C30H53N5O17S. The fourth-order valence-corrected chi connectivity index (χ4v) is 6.06. The maximum Gasteiger partial charge on any atom is 0.407 e. The molecule has 3 fully saturated rings. The molecule has 0 unspecified atom stereocenters. The van der Waals surface area contributed by atoms with Crippen molar-refractivity contribution >= 4 is 35.2 Å². The third-order valence-electron chi connectivity index (χ3n) is 8.28. The molecule has 0 spiro atoms. The van der Waals surface area contributed by atoms with Crippen LogP contribution in [0.3, 0.4) is 0 Å². The molecule has 0 bridgehead atoms. The van der Waals surface area contributed by atoms with Crippen molar-refractivity contribution in [3.8, 4) is 0 Å². The molecule has 0 saturated carbocycles. The second-order valence-electron chi connectivity index (χ2n) is 13.7. The highest BCUT2D eigenvalue weighted by Gasteiger charge is 2.54. The lowest BCUT2D eigenvalue weighted by Gasteiger charge is -2.49. The predicted molar refractivity (Wildman–Crippen MR) is 180 cm³/mol. The molecule has 3 aliphatic heterocycles. The average Bonchev–Trinajstić information content (AvgIpc) is 3.07. The van der Waals surface area contributed by atoms with Crippen molar-refractivity contribution in [1.29, 1.82) is 0 Å². The summed E-state index contributed by atoms with van der Waals surface area (Å²) < 4.78 is 34.0. The van der Waals surface area contributed by atoms with Gasteiger partial charge in [0.2, 0.25) is 11.8 Å². The van der Waals surface area contributed by atoms with Gasteiger partial charge < -0.3 is 95.9 Å². The molecule has 3 amide bonds. The van der Waals surface area contributed by atoms with Gasteiger partial charge >= 0.3 is 6.09 Å². The number of hydrogen-bond donors (Lipinski definition) is 13. The molecule has 3 saturated heterocycles. The maximum atomic E-state index is 12.4. The predicted octanol–water partition coefficient (Wildman–Crippen LogP) is -6.29. The van der Waals surface area contributed by atoms with Crippen LogP contribution in [0.2, 0.25) is 0 Å². The van der Waals surface area contributed by atoms with Crippen LogP contribution in [0.25, 0.3) is 0 Å². The lowest BCUT2D eigenvalue weighted by atomic mass is 9.94. The van der Waals surface area contributed by atoms with E-state index in [0.29, 0.717) is 0 Å². The molecule has 0 radical (unpaired) electrons. The molecule has 23 heteroatoms. The molecule has 306 valence electrons.